The number of methoxy groups -OCH3 is 1. The van der Waals surface area contributed by atoms with Crippen molar-refractivity contribution in [2.45, 2.75) is 77.0 Å². The highest BCUT2D eigenvalue weighted by Gasteiger charge is 2.61. The van der Waals surface area contributed by atoms with Crippen LogP contribution in [0.15, 0.2) is 11.8 Å². The molecule has 0 saturated carbocycles. The molecule has 26 heavy (non-hydrogen) atoms. The molecule has 146 valence electrons. The second-order valence-corrected chi connectivity index (χ2v) is 14.4. The van der Waals surface area contributed by atoms with Gasteiger partial charge in [0.25, 0.3) is 0 Å². The summed E-state index contributed by atoms with van der Waals surface area (Å²) in [6.07, 6.45) is 6.00. The molecule has 3 aliphatic rings. The molecule has 2 aliphatic heterocycles. The molecule has 0 N–H and O–H groups in total. The Balaban J connectivity index is 1.91. The van der Waals surface area contributed by atoms with Gasteiger partial charge in [-0.15, -0.1) is 0 Å². The van der Waals surface area contributed by atoms with Crippen molar-refractivity contribution >= 4 is 20.2 Å². The molecule has 0 aromatic carbocycles. The van der Waals surface area contributed by atoms with Gasteiger partial charge in [0.15, 0.2) is 5.41 Å². The van der Waals surface area contributed by atoms with Crippen LogP contribution in [0.5, 0.6) is 0 Å². The standard InChI is InChI=1S/C20H33NO4Si/c1-19(2,3)26(5,6)25-16-9-10-20(18(23)24-4)14(13-16)12-15-8-7-11-21(15)17(20)22/h9,14-15H,7-8,10-13H2,1-6H3/t14-,15+,20-/m1/s1. The first kappa shape index (κ1) is 19.5. The first-order valence-electron chi connectivity index (χ1n) is 9.80. The Hall–Kier alpha value is -1.30. The van der Waals surface area contributed by atoms with Crippen molar-refractivity contribution < 1.29 is 18.8 Å². The molecule has 5 nitrogen and oxygen atoms in total. The fraction of sp³-hybridized carbons (Fsp3) is 0.800. The summed E-state index contributed by atoms with van der Waals surface area (Å²) in [6, 6.07) is 0.275. The lowest BCUT2D eigenvalue weighted by atomic mass is 9.62. The summed E-state index contributed by atoms with van der Waals surface area (Å²) < 4.78 is 11.6. The average Bonchev–Trinajstić information content (AvgIpc) is 3.01. The van der Waals surface area contributed by atoms with E-state index in [0.717, 1.165) is 31.6 Å². The zero-order valence-electron chi connectivity index (χ0n) is 17.1. The van der Waals surface area contributed by atoms with Crippen LogP contribution < -0.4 is 0 Å². The second kappa shape index (κ2) is 6.39. The van der Waals surface area contributed by atoms with Crippen LogP contribution >= 0.6 is 0 Å². The van der Waals surface area contributed by atoms with E-state index in [9.17, 15) is 9.59 Å². The Morgan fingerprint density at radius 3 is 2.65 bits per heavy atom. The topological polar surface area (TPSA) is 55.8 Å². The van der Waals surface area contributed by atoms with Gasteiger partial charge in [-0.05, 0) is 55.8 Å². The summed E-state index contributed by atoms with van der Waals surface area (Å²) in [7, 11) is -0.540. The Morgan fingerprint density at radius 2 is 2.04 bits per heavy atom. The molecular weight excluding hydrogens is 346 g/mol. The van der Waals surface area contributed by atoms with Crippen molar-refractivity contribution in [1.29, 1.82) is 0 Å². The van der Waals surface area contributed by atoms with Gasteiger partial charge in [0.2, 0.25) is 14.2 Å². The van der Waals surface area contributed by atoms with Crippen molar-refractivity contribution in [3.05, 3.63) is 11.8 Å². The molecular formula is C20H33NO4Si. The Kier molecular flexibility index (Phi) is 4.78. The van der Waals surface area contributed by atoms with Gasteiger partial charge >= 0.3 is 5.97 Å². The van der Waals surface area contributed by atoms with Crippen LogP contribution in [0.3, 0.4) is 0 Å². The summed E-state index contributed by atoms with van der Waals surface area (Å²) in [5, 5.41) is 0.120. The van der Waals surface area contributed by atoms with Crippen LogP contribution in [0.1, 0.15) is 52.9 Å². The van der Waals surface area contributed by atoms with Gasteiger partial charge < -0.3 is 14.1 Å². The van der Waals surface area contributed by atoms with Crippen molar-refractivity contribution in [1.82, 2.24) is 4.90 Å². The lowest BCUT2D eigenvalue weighted by Gasteiger charge is -2.49. The molecule has 0 aromatic rings. The first-order valence-corrected chi connectivity index (χ1v) is 12.7. The number of piperidine rings is 1. The second-order valence-electron chi connectivity index (χ2n) is 9.63. The van der Waals surface area contributed by atoms with E-state index < -0.39 is 13.7 Å². The number of carbonyl (C=O) groups is 2. The molecule has 3 rings (SSSR count). The number of hydrogen-bond acceptors (Lipinski definition) is 4. The van der Waals surface area contributed by atoms with Crippen LogP contribution in [-0.2, 0) is 18.8 Å². The number of hydrogen-bond donors (Lipinski definition) is 0. The van der Waals surface area contributed by atoms with Crippen LogP contribution in [0.4, 0.5) is 0 Å². The normalized spacial score (nSPS) is 31.8. The minimum atomic E-state index is -1.93. The molecule has 2 fully saturated rings. The minimum absolute atomic E-state index is 0.0217. The number of carbonyl (C=O) groups excluding carboxylic acids is 2. The minimum Gasteiger partial charge on any atom is -0.547 e. The van der Waals surface area contributed by atoms with E-state index in [2.05, 4.69) is 33.9 Å². The third kappa shape index (κ3) is 2.90. The van der Waals surface area contributed by atoms with Crippen LogP contribution in [0.2, 0.25) is 18.1 Å². The molecule has 0 spiro atoms. The summed E-state index contributed by atoms with van der Waals surface area (Å²) in [4.78, 5) is 28.0. The molecule has 1 aliphatic carbocycles. The number of rotatable bonds is 3. The first-order chi connectivity index (χ1) is 12.0. The molecule has 0 radical (unpaired) electrons. The SMILES string of the molecule is COC(=O)[C@]12CC=C(O[Si](C)(C)C(C)(C)C)C[C@H]1C[C@@H]1CCCN1C2=O. The van der Waals surface area contributed by atoms with Crippen LogP contribution in [0.25, 0.3) is 0 Å². The lowest BCUT2D eigenvalue weighted by molar-refractivity contribution is -0.174. The van der Waals surface area contributed by atoms with E-state index in [4.69, 9.17) is 9.16 Å². The van der Waals surface area contributed by atoms with Gasteiger partial charge in [0.05, 0.1) is 12.9 Å². The van der Waals surface area contributed by atoms with Gasteiger partial charge in [0.1, 0.15) is 0 Å². The highest BCUT2D eigenvalue weighted by atomic mass is 28.4. The van der Waals surface area contributed by atoms with Crippen molar-refractivity contribution in [2.24, 2.45) is 11.3 Å². The molecule has 3 atom stereocenters. The number of amides is 1. The third-order valence-corrected chi connectivity index (χ3v) is 11.5. The molecule has 2 heterocycles. The maximum absolute atomic E-state index is 13.3. The van der Waals surface area contributed by atoms with Gasteiger partial charge in [-0.1, -0.05) is 20.8 Å². The van der Waals surface area contributed by atoms with Crippen molar-refractivity contribution in [3.63, 3.8) is 0 Å². The van der Waals surface area contributed by atoms with Gasteiger partial charge in [-0.25, -0.2) is 0 Å². The zero-order valence-corrected chi connectivity index (χ0v) is 18.1. The monoisotopic (exact) mass is 379 g/mol. The number of nitrogens with zero attached hydrogens (tertiary/aromatic N) is 1. The lowest BCUT2D eigenvalue weighted by Crippen LogP contribution is -2.60. The number of ether oxygens (including phenoxy) is 1. The molecule has 1 amide bonds. The average molecular weight is 380 g/mol. The highest BCUT2D eigenvalue weighted by Crippen LogP contribution is 2.52. The third-order valence-electron chi connectivity index (χ3n) is 7.11. The predicted molar refractivity (Wildman–Crippen MR) is 103 cm³/mol. The maximum Gasteiger partial charge on any atom is 0.322 e. The largest absolute Gasteiger partial charge is 0.547 e. The van der Waals surface area contributed by atoms with Crippen molar-refractivity contribution in [3.8, 4) is 0 Å². The number of allylic oxidation sites excluding steroid dienone is 2. The Labute approximate surface area is 158 Å². The molecule has 0 aromatic heterocycles. The fourth-order valence-corrected chi connectivity index (χ4v) is 5.63. The van der Waals surface area contributed by atoms with E-state index in [0.29, 0.717) is 12.8 Å². The summed E-state index contributed by atoms with van der Waals surface area (Å²) >= 11 is 0. The summed E-state index contributed by atoms with van der Waals surface area (Å²) in [6.45, 7) is 11.9. The molecule has 6 heteroatoms. The molecule has 0 bridgehead atoms. The highest BCUT2D eigenvalue weighted by molar-refractivity contribution is 6.74. The van der Waals surface area contributed by atoms with E-state index in [-0.39, 0.29) is 28.9 Å². The number of esters is 1. The number of fused-ring (bicyclic) bond motifs is 2. The summed E-state index contributed by atoms with van der Waals surface area (Å²) in [5.74, 6) is 0.554. The zero-order chi connectivity index (χ0) is 19.3. The maximum atomic E-state index is 13.3. The Bertz CT molecular complexity index is 636. The summed E-state index contributed by atoms with van der Waals surface area (Å²) in [5.41, 5.74) is -1.05. The van der Waals surface area contributed by atoms with E-state index in [1.54, 1.807) is 0 Å². The predicted octanol–water partition coefficient (Wildman–Crippen LogP) is 3.86. The van der Waals surface area contributed by atoms with Gasteiger partial charge in [0, 0.05) is 19.0 Å². The fourth-order valence-electron chi connectivity index (χ4n) is 4.50. The van der Waals surface area contributed by atoms with Crippen LogP contribution in [0, 0.1) is 11.3 Å². The van der Waals surface area contributed by atoms with Gasteiger partial charge in [-0.3, -0.25) is 9.59 Å². The van der Waals surface area contributed by atoms with Gasteiger partial charge in [-0.2, -0.15) is 0 Å². The smallest absolute Gasteiger partial charge is 0.322 e. The van der Waals surface area contributed by atoms with Crippen LogP contribution in [-0.4, -0.2) is 44.8 Å². The molecule has 2 saturated heterocycles. The quantitative estimate of drug-likeness (QED) is 0.424. The van der Waals surface area contributed by atoms with Crippen molar-refractivity contribution in [2.75, 3.05) is 13.7 Å². The van der Waals surface area contributed by atoms with E-state index >= 15 is 0 Å². The Morgan fingerprint density at radius 1 is 1.35 bits per heavy atom. The molecule has 0 unspecified atom stereocenters. The van der Waals surface area contributed by atoms with E-state index in [1.807, 2.05) is 11.0 Å². The van der Waals surface area contributed by atoms with E-state index in [1.165, 1.54) is 7.11 Å².